The number of hydrogen-bond donors (Lipinski definition) is 0. The van der Waals surface area contributed by atoms with Gasteiger partial charge in [0.05, 0.1) is 17.6 Å². The van der Waals surface area contributed by atoms with Crippen molar-refractivity contribution in [2.45, 2.75) is 19.9 Å². The summed E-state index contributed by atoms with van der Waals surface area (Å²) in [6.45, 7) is 3.45. The number of aromatic nitrogens is 2. The first-order chi connectivity index (χ1) is 14.8. The van der Waals surface area contributed by atoms with Gasteiger partial charge in [-0.1, -0.05) is 72.3 Å². The SMILES string of the molecule is Cc1ccc(OCCn2c(Cc3cccc4ccccc34)nc3ccccc32)cc1. The maximum Gasteiger partial charge on any atom is 0.119 e. The van der Waals surface area contributed by atoms with Gasteiger partial charge in [-0.15, -0.1) is 0 Å². The van der Waals surface area contributed by atoms with E-state index in [-0.39, 0.29) is 0 Å². The van der Waals surface area contributed by atoms with Crippen molar-refractivity contribution >= 4 is 21.8 Å². The number of imidazole rings is 1. The molecule has 1 heterocycles. The van der Waals surface area contributed by atoms with E-state index in [1.165, 1.54) is 21.9 Å². The molecule has 0 bridgehead atoms. The third-order valence-corrected chi connectivity index (χ3v) is 5.57. The molecule has 3 nitrogen and oxygen atoms in total. The van der Waals surface area contributed by atoms with Crippen LogP contribution in [0.2, 0.25) is 0 Å². The number of nitrogens with zero attached hydrogens (tertiary/aromatic N) is 2. The van der Waals surface area contributed by atoms with Crippen LogP contribution in [0.15, 0.2) is 91.0 Å². The smallest absolute Gasteiger partial charge is 0.119 e. The molecule has 0 radical (unpaired) electrons. The lowest BCUT2D eigenvalue weighted by atomic mass is 10.0. The summed E-state index contributed by atoms with van der Waals surface area (Å²) in [6.07, 6.45) is 0.792. The Balaban J connectivity index is 1.45. The van der Waals surface area contributed by atoms with Gasteiger partial charge >= 0.3 is 0 Å². The number of rotatable bonds is 6. The van der Waals surface area contributed by atoms with E-state index in [2.05, 4.69) is 84.3 Å². The van der Waals surface area contributed by atoms with Crippen LogP contribution < -0.4 is 4.74 Å². The molecular formula is C27H24N2O. The van der Waals surface area contributed by atoms with Crippen molar-refractivity contribution in [3.8, 4) is 5.75 Å². The molecule has 0 amide bonds. The van der Waals surface area contributed by atoms with Gasteiger partial charge in [-0.2, -0.15) is 0 Å². The van der Waals surface area contributed by atoms with Crippen molar-refractivity contribution < 1.29 is 4.74 Å². The van der Waals surface area contributed by atoms with Crippen LogP contribution in [0.5, 0.6) is 5.75 Å². The van der Waals surface area contributed by atoms with E-state index >= 15 is 0 Å². The standard InChI is InChI=1S/C27H24N2O/c1-20-13-15-23(16-14-20)30-18-17-29-26-12-5-4-11-25(26)28-27(29)19-22-9-6-8-21-7-2-3-10-24(21)22/h2-16H,17-19H2,1H3. The van der Waals surface area contributed by atoms with Gasteiger partial charge in [-0.3, -0.25) is 0 Å². The Kier molecular flexibility index (Phi) is 4.94. The van der Waals surface area contributed by atoms with E-state index in [4.69, 9.17) is 9.72 Å². The molecule has 0 aliphatic rings. The molecule has 0 spiro atoms. The maximum absolute atomic E-state index is 6.01. The highest BCUT2D eigenvalue weighted by Gasteiger charge is 2.12. The molecule has 0 aliphatic heterocycles. The normalized spacial score (nSPS) is 11.2. The lowest BCUT2D eigenvalue weighted by Crippen LogP contribution is -2.11. The summed E-state index contributed by atoms with van der Waals surface area (Å²) in [5.74, 6) is 1.97. The number of para-hydroxylation sites is 2. The monoisotopic (exact) mass is 392 g/mol. The molecule has 5 rings (SSSR count). The van der Waals surface area contributed by atoms with Crippen molar-refractivity contribution in [2.24, 2.45) is 0 Å². The van der Waals surface area contributed by atoms with E-state index in [9.17, 15) is 0 Å². The summed E-state index contributed by atoms with van der Waals surface area (Å²) in [6, 6.07) is 31.6. The third-order valence-electron chi connectivity index (χ3n) is 5.57. The van der Waals surface area contributed by atoms with Crippen LogP contribution in [0.1, 0.15) is 17.0 Å². The average Bonchev–Trinajstić information content (AvgIpc) is 3.12. The van der Waals surface area contributed by atoms with Gasteiger partial charge in [0.15, 0.2) is 0 Å². The molecule has 0 aliphatic carbocycles. The lowest BCUT2D eigenvalue weighted by molar-refractivity contribution is 0.298. The molecule has 0 N–H and O–H groups in total. The zero-order valence-corrected chi connectivity index (χ0v) is 17.1. The highest BCUT2D eigenvalue weighted by atomic mass is 16.5. The van der Waals surface area contributed by atoms with Crippen LogP contribution >= 0.6 is 0 Å². The Morgan fingerprint density at radius 1 is 0.800 bits per heavy atom. The zero-order chi connectivity index (χ0) is 20.3. The van der Waals surface area contributed by atoms with Crippen LogP contribution in [0.4, 0.5) is 0 Å². The summed E-state index contributed by atoms with van der Waals surface area (Å²) in [7, 11) is 0. The van der Waals surface area contributed by atoms with Crippen LogP contribution in [-0.4, -0.2) is 16.2 Å². The molecule has 148 valence electrons. The van der Waals surface area contributed by atoms with E-state index in [1.54, 1.807) is 0 Å². The van der Waals surface area contributed by atoms with E-state index in [0.29, 0.717) is 6.61 Å². The minimum atomic E-state index is 0.603. The molecule has 0 saturated carbocycles. The molecule has 4 aromatic carbocycles. The first kappa shape index (κ1) is 18.4. The fourth-order valence-electron chi connectivity index (χ4n) is 4.02. The maximum atomic E-state index is 6.01. The van der Waals surface area contributed by atoms with Crippen LogP contribution in [0.25, 0.3) is 21.8 Å². The van der Waals surface area contributed by atoms with Gasteiger partial charge in [0.2, 0.25) is 0 Å². The van der Waals surface area contributed by atoms with Gasteiger partial charge < -0.3 is 9.30 Å². The minimum absolute atomic E-state index is 0.603. The van der Waals surface area contributed by atoms with E-state index in [0.717, 1.165) is 35.6 Å². The van der Waals surface area contributed by atoms with Crippen LogP contribution in [-0.2, 0) is 13.0 Å². The molecule has 0 unspecified atom stereocenters. The summed E-state index contributed by atoms with van der Waals surface area (Å²) in [4.78, 5) is 4.96. The molecule has 5 aromatic rings. The van der Waals surface area contributed by atoms with Crippen molar-refractivity contribution in [2.75, 3.05) is 6.61 Å². The first-order valence-corrected chi connectivity index (χ1v) is 10.4. The molecule has 0 atom stereocenters. The zero-order valence-electron chi connectivity index (χ0n) is 17.1. The summed E-state index contributed by atoms with van der Waals surface area (Å²) < 4.78 is 8.31. The largest absolute Gasteiger partial charge is 0.492 e. The van der Waals surface area contributed by atoms with Crippen LogP contribution in [0.3, 0.4) is 0 Å². The number of aryl methyl sites for hydroxylation is 1. The number of benzene rings is 4. The lowest BCUT2D eigenvalue weighted by Gasteiger charge is -2.12. The third kappa shape index (κ3) is 3.67. The topological polar surface area (TPSA) is 27.1 Å². The number of ether oxygens (including phenoxy) is 1. The number of hydrogen-bond acceptors (Lipinski definition) is 2. The minimum Gasteiger partial charge on any atom is -0.492 e. The van der Waals surface area contributed by atoms with Crippen LogP contribution in [0, 0.1) is 6.92 Å². The summed E-state index contributed by atoms with van der Waals surface area (Å²) in [5, 5.41) is 2.55. The average molecular weight is 393 g/mol. The number of fused-ring (bicyclic) bond motifs is 2. The predicted octanol–water partition coefficient (Wildman–Crippen LogP) is 6.17. The van der Waals surface area contributed by atoms with Gasteiger partial charge in [-0.25, -0.2) is 4.98 Å². The van der Waals surface area contributed by atoms with Gasteiger partial charge in [-0.05, 0) is 47.5 Å². The molecular weight excluding hydrogens is 368 g/mol. The fraction of sp³-hybridized carbons (Fsp3) is 0.148. The van der Waals surface area contributed by atoms with Crippen molar-refractivity contribution in [1.82, 2.24) is 9.55 Å². The second-order valence-corrected chi connectivity index (χ2v) is 7.64. The highest BCUT2D eigenvalue weighted by Crippen LogP contribution is 2.24. The van der Waals surface area contributed by atoms with Crippen molar-refractivity contribution in [1.29, 1.82) is 0 Å². The van der Waals surface area contributed by atoms with E-state index in [1.807, 2.05) is 18.2 Å². The second kappa shape index (κ2) is 8.03. The Morgan fingerprint density at radius 2 is 1.57 bits per heavy atom. The Bertz CT molecular complexity index is 1300. The molecule has 3 heteroatoms. The quantitative estimate of drug-likeness (QED) is 0.346. The van der Waals surface area contributed by atoms with Crippen molar-refractivity contribution in [3.63, 3.8) is 0 Å². The molecule has 0 saturated heterocycles. The first-order valence-electron chi connectivity index (χ1n) is 10.4. The molecule has 1 aromatic heterocycles. The summed E-state index contributed by atoms with van der Waals surface area (Å²) in [5.41, 5.74) is 4.72. The van der Waals surface area contributed by atoms with Gasteiger partial charge in [0.1, 0.15) is 18.2 Å². The van der Waals surface area contributed by atoms with Crippen molar-refractivity contribution in [3.05, 3.63) is 108 Å². The highest BCUT2D eigenvalue weighted by molar-refractivity contribution is 5.86. The second-order valence-electron chi connectivity index (χ2n) is 7.64. The van der Waals surface area contributed by atoms with Gasteiger partial charge in [0, 0.05) is 6.42 Å². The predicted molar refractivity (Wildman–Crippen MR) is 123 cm³/mol. The Hall–Kier alpha value is -3.59. The van der Waals surface area contributed by atoms with E-state index < -0.39 is 0 Å². The summed E-state index contributed by atoms with van der Waals surface area (Å²) >= 11 is 0. The Labute approximate surface area is 176 Å². The fourth-order valence-corrected chi connectivity index (χ4v) is 4.02. The molecule has 0 fully saturated rings. The Morgan fingerprint density at radius 3 is 2.47 bits per heavy atom. The molecule has 30 heavy (non-hydrogen) atoms. The van der Waals surface area contributed by atoms with Gasteiger partial charge in [0.25, 0.3) is 0 Å².